The Labute approximate surface area is 232 Å². The maximum absolute atomic E-state index is 13.0. The zero-order chi connectivity index (χ0) is 29.5. The van der Waals surface area contributed by atoms with Crippen LogP contribution in [0.4, 0.5) is 18.0 Å². The standard InChI is InChI=1S/C23H26ClF3N4O8S/c1-36-8-9-37-17-3-2-15(19(11-17)39-21-18(24)10-16(12-29-21)23(25,26)27)13-38-22(33)30-40(34,35)31-6-4-14(5-7-31)20(28)32/h2-3,10-12,14H,4-9,13H2,1H3,(H2,28,32)(H,30,33). The number of halogens is 4. The van der Waals surface area contributed by atoms with Crippen molar-refractivity contribution >= 4 is 33.8 Å². The summed E-state index contributed by atoms with van der Waals surface area (Å²) in [7, 11) is -2.78. The van der Waals surface area contributed by atoms with Crippen LogP contribution in [-0.4, -0.2) is 63.1 Å². The van der Waals surface area contributed by atoms with E-state index in [-0.39, 0.29) is 62.1 Å². The molecular formula is C23H26ClF3N4O8S. The Hall–Kier alpha value is -3.34. The summed E-state index contributed by atoms with van der Waals surface area (Å²) in [5.74, 6) is -1.09. The van der Waals surface area contributed by atoms with E-state index in [0.717, 1.165) is 4.31 Å². The fraction of sp³-hybridized carbons (Fsp3) is 0.435. The molecule has 1 aliphatic rings. The van der Waals surface area contributed by atoms with Gasteiger partial charge in [-0.3, -0.25) is 4.79 Å². The number of methoxy groups -OCH3 is 1. The Balaban J connectivity index is 1.72. The molecule has 1 fully saturated rings. The summed E-state index contributed by atoms with van der Waals surface area (Å²) in [5.41, 5.74) is 4.36. The first kappa shape index (κ1) is 31.2. The number of nitrogens with one attached hydrogen (secondary N) is 1. The maximum Gasteiger partial charge on any atom is 0.422 e. The molecule has 0 atom stereocenters. The topological polar surface area (TPSA) is 159 Å². The van der Waals surface area contributed by atoms with Gasteiger partial charge in [-0.1, -0.05) is 11.6 Å². The van der Waals surface area contributed by atoms with Crippen LogP contribution in [0.2, 0.25) is 5.02 Å². The minimum Gasteiger partial charge on any atom is -0.491 e. The molecule has 3 N–H and O–H groups in total. The third-order valence-electron chi connectivity index (χ3n) is 5.70. The maximum atomic E-state index is 13.0. The minimum atomic E-state index is -4.67. The van der Waals surface area contributed by atoms with E-state index < -0.39 is 51.5 Å². The SMILES string of the molecule is COCCOc1ccc(COC(=O)NS(=O)(=O)N2CCC(C(N)=O)CC2)c(Oc2ncc(C(F)(F)F)cc2Cl)c1. The van der Waals surface area contributed by atoms with Crippen molar-refractivity contribution in [1.82, 2.24) is 14.0 Å². The number of hydrogen-bond acceptors (Lipinski definition) is 9. The number of hydrogen-bond donors (Lipinski definition) is 2. The molecule has 0 saturated carbocycles. The molecule has 0 radical (unpaired) electrons. The predicted octanol–water partition coefficient (Wildman–Crippen LogP) is 3.24. The Kier molecular flexibility index (Phi) is 10.4. The monoisotopic (exact) mass is 610 g/mol. The highest BCUT2D eigenvalue weighted by atomic mass is 35.5. The van der Waals surface area contributed by atoms with E-state index in [4.69, 9.17) is 36.3 Å². The van der Waals surface area contributed by atoms with E-state index >= 15 is 0 Å². The molecule has 17 heteroatoms. The number of ether oxygens (including phenoxy) is 4. The number of nitrogens with two attached hydrogens (primary N) is 1. The number of aromatic nitrogens is 1. The molecule has 12 nitrogen and oxygen atoms in total. The van der Waals surface area contributed by atoms with Gasteiger partial charge in [-0.2, -0.15) is 25.9 Å². The Bertz CT molecular complexity index is 1320. The number of benzene rings is 1. The van der Waals surface area contributed by atoms with E-state index in [0.29, 0.717) is 12.3 Å². The lowest BCUT2D eigenvalue weighted by Crippen LogP contribution is -2.48. The van der Waals surface area contributed by atoms with Crippen LogP contribution < -0.4 is 19.9 Å². The number of alkyl halides is 3. The largest absolute Gasteiger partial charge is 0.491 e. The van der Waals surface area contributed by atoms with Gasteiger partial charge >= 0.3 is 22.5 Å². The van der Waals surface area contributed by atoms with Gasteiger partial charge in [0.05, 0.1) is 12.2 Å². The first-order valence-corrected chi connectivity index (χ1v) is 13.5. The number of carbonyl (C=O) groups is 2. The molecule has 0 spiro atoms. The van der Waals surface area contributed by atoms with Gasteiger partial charge in [0.2, 0.25) is 11.8 Å². The summed E-state index contributed by atoms with van der Waals surface area (Å²) in [6.45, 7) is -0.0967. The highest BCUT2D eigenvalue weighted by Gasteiger charge is 2.33. The van der Waals surface area contributed by atoms with Gasteiger partial charge in [-0.15, -0.1) is 0 Å². The van der Waals surface area contributed by atoms with E-state index in [1.807, 2.05) is 0 Å². The molecule has 2 aromatic rings. The number of amides is 2. The van der Waals surface area contributed by atoms with Crippen LogP contribution in [0, 0.1) is 5.92 Å². The van der Waals surface area contributed by atoms with Gasteiger partial charge < -0.3 is 24.7 Å². The highest BCUT2D eigenvalue weighted by Crippen LogP contribution is 2.36. The van der Waals surface area contributed by atoms with Crippen LogP contribution in [-0.2, 0) is 37.3 Å². The lowest BCUT2D eigenvalue weighted by atomic mass is 9.98. The fourth-order valence-electron chi connectivity index (χ4n) is 3.56. The molecule has 1 aliphatic heterocycles. The molecule has 1 aromatic carbocycles. The van der Waals surface area contributed by atoms with Crippen LogP contribution in [0.1, 0.15) is 24.0 Å². The number of rotatable bonds is 11. The van der Waals surface area contributed by atoms with E-state index in [1.165, 1.54) is 25.3 Å². The van der Waals surface area contributed by atoms with Crippen molar-refractivity contribution in [2.45, 2.75) is 25.6 Å². The second-order valence-corrected chi connectivity index (χ2v) is 10.6. The van der Waals surface area contributed by atoms with Crippen molar-refractivity contribution in [3.8, 4) is 17.4 Å². The minimum absolute atomic E-state index is 0.0143. The fourth-order valence-corrected chi connectivity index (χ4v) is 4.86. The third kappa shape index (κ3) is 8.58. The van der Waals surface area contributed by atoms with Gasteiger partial charge in [-0.25, -0.2) is 14.5 Å². The van der Waals surface area contributed by atoms with Crippen molar-refractivity contribution in [2.24, 2.45) is 11.7 Å². The number of pyridine rings is 1. The number of carbonyl (C=O) groups excluding carboxylic acids is 2. The summed E-state index contributed by atoms with van der Waals surface area (Å²) in [4.78, 5) is 27.2. The first-order chi connectivity index (χ1) is 18.8. The second kappa shape index (κ2) is 13.3. The zero-order valence-corrected chi connectivity index (χ0v) is 22.6. The summed E-state index contributed by atoms with van der Waals surface area (Å²) in [6.07, 6.45) is -5.00. The van der Waals surface area contributed by atoms with Crippen molar-refractivity contribution in [1.29, 1.82) is 0 Å². The lowest BCUT2D eigenvalue weighted by Gasteiger charge is -2.29. The quantitative estimate of drug-likeness (QED) is 0.364. The van der Waals surface area contributed by atoms with Gasteiger partial charge in [-0.05, 0) is 31.0 Å². The summed E-state index contributed by atoms with van der Waals surface area (Å²) in [6, 6.07) is 4.94. The molecule has 2 heterocycles. The predicted molar refractivity (Wildman–Crippen MR) is 134 cm³/mol. The van der Waals surface area contributed by atoms with Crippen LogP contribution in [0.25, 0.3) is 0 Å². The van der Waals surface area contributed by atoms with Crippen LogP contribution in [0.5, 0.6) is 17.4 Å². The number of primary amides is 1. The highest BCUT2D eigenvalue weighted by molar-refractivity contribution is 7.87. The van der Waals surface area contributed by atoms with Crippen LogP contribution >= 0.6 is 11.6 Å². The molecular weight excluding hydrogens is 585 g/mol. The summed E-state index contributed by atoms with van der Waals surface area (Å²) >= 11 is 5.95. The zero-order valence-electron chi connectivity index (χ0n) is 21.1. The molecule has 1 aromatic heterocycles. The molecule has 0 bridgehead atoms. The number of piperidine rings is 1. The normalized spacial score (nSPS) is 14.9. The molecule has 0 aliphatic carbocycles. The average Bonchev–Trinajstić information content (AvgIpc) is 2.88. The van der Waals surface area contributed by atoms with Crippen LogP contribution in [0.15, 0.2) is 30.5 Å². The summed E-state index contributed by atoms with van der Waals surface area (Å²) in [5, 5.41) is -0.434. The van der Waals surface area contributed by atoms with Gasteiger partial charge in [0.25, 0.3) is 0 Å². The van der Waals surface area contributed by atoms with Gasteiger partial charge in [0.15, 0.2) is 0 Å². The van der Waals surface area contributed by atoms with Gasteiger partial charge in [0, 0.05) is 43.9 Å². The number of nitrogens with zero attached hydrogens (tertiary/aromatic N) is 2. The van der Waals surface area contributed by atoms with Crippen LogP contribution in [0.3, 0.4) is 0 Å². The Morgan fingerprint density at radius 1 is 1.20 bits per heavy atom. The Morgan fingerprint density at radius 3 is 2.50 bits per heavy atom. The van der Waals surface area contributed by atoms with E-state index in [9.17, 15) is 31.2 Å². The van der Waals surface area contributed by atoms with Crippen molar-refractivity contribution in [2.75, 3.05) is 33.4 Å². The smallest absolute Gasteiger partial charge is 0.422 e. The molecule has 1 saturated heterocycles. The average molecular weight is 611 g/mol. The molecule has 3 rings (SSSR count). The molecule has 2 amide bonds. The Morgan fingerprint density at radius 2 is 1.90 bits per heavy atom. The van der Waals surface area contributed by atoms with Crippen molar-refractivity contribution in [3.05, 3.63) is 46.6 Å². The third-order valence-corrected chi connectivity index (χ3v) is 7.44. The second-order valence-electron chi connectivity index (χ2n) is 8.48. The summed E-state index contributed by atoms with van der Waals surface area (Å²) < 4.78 is 87.9. The molecule has 0 unspecified atom stereocenters. The van der Waals surface area contributed by atoms with E-state index in [1.54, 1.807) is 4.72 Å². The lowest BCUT2D eigenvalue weighted by molar-refractivity contribution is -0.137. The van der Waals surface area contributed by atoms with Crippen molar-refractivity contribution < 1.29 is 50.1 Å². The van der Waals surface area contributed by atoms with Gasteiger partial charge in [0.1, 0.15) is 29.7 Å². The first-order valence-electron chi connectivity index (χ1n) is 11.7. The van der Waals surface area contributed by atoms with E-state index in [2.05, 4.69) is 4.98 Å². The molecule has 40 heavy (non-hydrogen) atoms. The van der Waals surface area contributed by atoms with Crippen molar-refractivity contribution in [3.63, 3.8) is 0 Å². The molecule has 220 valence electrons.